The number of nitrogens with zero attached hydrogens (tertiary/aromatic N) is 1. The number of amides is 1. The lowest BCUT2D eigenvalue weighted by Crippen LogP contribution is -2.26. The minimum Gasteiger partial charge on any atom is -0.380 e. The minimum absolute atomic E-state index is 0.224. The summed E-state index contributed by atoms with van der Waals surface area (Å²) in [6.07, 6.45) is 3.65. The van der Waals surface area contributed by atoms with Gasteiger partial charge in [-0.2, -0.15) is 0 Å². The molecule has 0 aliphatic rings. The van der Waals surface area contributed by atoms with Gasteiger partial charge in [-0.05, 0) is 36.6 Å². The molecule has 0 aliphatic heterocycles. The number of pyridine rings is 1. The Morgan fingerprint density at radius 3 is 2.63 bits per heavy atom. The number of halogens is 1. The van der Waals surface area contributed by atoms with Crippen molar-refractivity contribution in [2.45, 2.75) is 19.9 Å². The highest BCUT2D eigenvalue weighted by molar-refractivity contribution is 5.94. The normalized spacial score (nSPS) is 10.4. The lowest BCUT2D eigenvalue weighted by Gasteiger charge is -2.09. The van der Waals surface area contributed by atoms with E-state index in [-0.39, 0.29) is 11.7 Å². The number of hydrogen-bond acceptors (Lipinski definition) is 3. The number of aromatic nitrogens is 1. The van der Waals surface area contributed by atoms with Crippen LogP contribution in [-0.2, 0) is 13.0 Å². The third-order valence-corrected chi connectivity index (χ3v) is 4.26. The van der Waals surface area contributed by atoms with E-state index in [4.69, 9.17) is 0 Å². The molecule has 0 spiro atoms. The lowest BCUT2D eigenvalue weighted by atomic mass is 10.1. The molecule has 0 aliphatic carbocycles. The number of aryl methyl sites for hydroxylation is 1. The second-order valence-electron chi connectivity index (χ2n) is 6.40. The molecule has 27 heavy (non-hydrogen) atoms. The molecule has 0 fully saturated rings. The number of carbonyl (C=O) groups excluding carboxylic acids is 1. The molecular formula is C22H22FN3O. The quantitative estimate of drug-likeness (QED) is 0.664. The topological polar surface area (TPSA) is 54.0 Å². The molecule has 5 heteroatoms. The Morgan fingerprint density at radius 1 is 1.07 bits per heavy atom. The van der Waals surface area contributed by atoms with Crippen molar-refractivity contribution in [3.63, 3.8) is 0 Å². The maximum Gasteiger partial charge on any atom is 0.252 e. The summed E-state index contributed by atoms with van der Waals surface area (Å²) in [5.41, 5.74) is 4.20. The van der Waals surface area contributed by atoms with Crippen LogP contribution in [0.2, 0.25) is 0 Å². The summed E-state index contributed by atoms with van der Waals surface area (Å²) >= 11 is 0. The summed E-state index contributed by atoms with van der Waals surface area (Å²) in [6, 6.07) is 16.6. The van der Waals surface area contributed by atoms with Crippen LogP contribution in [0.25, 0.3) is 0 Å². The van der Waals surface area contributed by atoms with Crippen molar-refractivity contribution in [1.82, 2.24) is 10.3 Å². The van der Waals surface area contributed by atoms with E-state index in [0.717, 1.165) is 11.3 Å². The Labute approximate surface area is 158 Å². The van der Waals surface area contributed by atoms with E-state index in [1.165, 1.54) is 17.8 Å². The Morgan fingerprint density at radius 2 is 1.85 bits per heavy atom. The smallest absolute Gasteiger partial charge is 0.252 e. The average molecular weight is 363 g/mol. The number of benzene rings is 2. The molecule has 0 radical (unpaired) electrons. The van der Waals surface area contributed by atoms with Crippen molar-refractivity contribution in [2.24, 2.45) is 0 Å². The predicted molar refractivity (Wildman–Crippen MR) is 105 cm³/mol. The molecule has 0 saturated heterocycles. The van der Waals surface area contributed by atoms with Crippen molar-refractivity contribution < 1.29 is 9.18 Å². The van der Waals surface area contributed by atoms with Gasteiger partial charge < -0.3 is 10.6 Å². The van der Waals surface area contributed by atoms with Gasteiger partial charge in [0, 0.05) is 25.5 Å². The molecule has 3 rings (SSSR count). The molecule has 0 bridgehead atoms. The minimum atomic E-state index is -0.254. The first-order chi connectivity index (χ1) is 13.1. The maximum atomic E-state index is 13.6. The van der Waals surface area contributed by atoms with Crippen LogP contribution < -0.4 is 10.6 Å². The van der Waals surface area contributed by atoms with E-state index in [9.17, 15) is 9.18 Å². The summed E-state index contributed by atoms with van der Waals surface area (Å²) in [4.78, 5) is 16.4. The summed E-state index contributed by atoms with van der Waals surface area (Å²) in [5.74, 6) is -0.478. The highest BCUT2D eigenvalue weighted by atomic mass is 19.1. The molecule has 1 aromatic heterocycles. The van der Waals surface area contributed by atoms with Crippen LogP contribution in [0.1, 0.15) is 27.0 Å². The van der Waals surface area contributed by atoms with Gasteiger partial charge in [0.05, 0.1) is 11.3 Å². The van der Waals surface area contributed by atoms with E-state index >= 15 is 0 Å². The number of anilines is 1. The lowest BCUT2D eigenvalue weighted by molar-refractivity contribution is 0.0953. The van der Waals surface area contributed by atoms with E-state index in [2.05, 4.69) is 46.8 Å². The highest BCUT2D eigenvalue weighted by Gasteiger charge is 2.08. The van der Waals surface area contributed by atoms with Crippen molar-refractivity contribution >= 4 is 11.6 Å². The van der Waals surface area contributed by atoms with Crippen LogP contribution in [0.15, 0.2) is 67.0 Å². The molecule has 2 aromatic carbocycles. The molecule has 0 atom stereocenters. The zero-order valence-electron chi connectivity index (χ0n) is 15.2. The van der Waals surface area contributed by atoms with Crippen LogP contribution in [-0.4, -0.2) is 17.4 Å². The van der Waals surface area contributed by atoms with E-state index < -0.39 is 0 Å². The monoisotopic (exact) mass is 363 g/mol. The molecule has 138 valence electrons. The summed E-state index contributed by atoms with van der Waals surface area (Å²) in [6.45, 7) is 3.07. The first kappa shape index (κ1) is 18.6. The summed E-state index contributed by atoms with van der Waals surface area (Å²) in [7, 11) is 0. The van der Waals surface area contributed by atoms with Crippen molar-refractivity contribution in [2.75, 3.05) is 11.9 Å². The fraction of sp³-hybridized carbons (Fsp3) is 0.182. The molecule has 4 nitrogen and oxygen atoms in total. The Kier molecular flexibility index (Phi) is 6.15. The van der Waals surface area contributed by atoms with Crippen molar-refractivity contribution in [3.05, 3.63) is 95.1 Å². The molecule has 1 amide bonds. The number of rotatable bonds is 7. The van der Waals surface area contributed by atoms with Crippen molar-refractivity contribution in [3.8, 4) is 0 Å². The Hall–Kier alpha value is -3.21. The van der Waals surface area contributed by atoms with E-state index in [0.29, 0.717) is 30.6 Å². The van der Waals surface area contributed by atoms with Crippen molar-refractivity contribution in [1.29, 1.82) is 0 Å². The van der Waals surface area contributed by atoms with Gasteiger partial charge in [0.25, 0.3) is 5.91 Å². The average Bonchev–Trinajstić information content (AvgIpc) is 2.69. The summed E-state index contributed by atoms with van der Waals surface area (Å²) in [5, 5.41) is 6.08. The SMILES string of the molecule is Cc1ccc(CNc2cncc(C(=O)NCCc3ccccc3F)c2)cc1. The van der Waals surface area contributed by atoms with Crippen LogP contribution in [0.5, 0.6) is 0 Å². The van der Waals surface area contributed by atoms with Gasteiger partial charge in [0.1, 0.15) is 5.82 Å². The molecular weight excluding hydrogens is 341 g/mol. The zero-order chi connectivity index (χ0) is 19.1. The molecule has 0 saturated carbocycles. The third-order valence-electron chi connectivity index (χ3n) is 4.26. The first-order valence-corrected chi connectivity index (χ1v) is 8.88. The number of hydrogen-bond donors (Lipinski definition) is 2. The van der Waals surface area contributed by atoms with Gasteiger partial charge in [-0.3, -0.25) is 9.78 Å². The van der Waals surface area contributed by atoms with Crippen LogP contribution in [0.3, 0.4) is 0 Å². The maximum absolute atomic E-state index is 13.6. The second kappa shape index (κ2) is 8.94. The second-order valence-corrected chi connectivity index (χ2v) is 6.40. The van der Waals surface area contributed by atoms with E-state index in [1.807, 2.05) is 0 Å². The Bertz CT molecular complexity index is 909. The number of nitrogens with one attached hydrogen (secondary N) is 2. The molecule has 3 aromatic rings. The van der Waals surface area contributed by atoms with Crippen LogP contribution in [0.4, 0.5) is 10.1 Å². The van der Waals surface area contributed by atoms with Gasteiger partial charge in [0.15, 0.2) is 0 Å². The van der Waals surface area contributed by atoms with Gasteiger partial charge in [-0.15, -0.1) is 0 Å². The van der Waals surface area contributed by atoms with Gasteiger partial charge in [-0.1, -0.05) is 48.0 Å². The van der Waals surface area contributed by atoms with Crippen LogP contribution >= 0.6 is 0 Å². The van der Waals surface area contributed by atoms with E-state index in [1.54, 1.807) is 30.5 Å². The van der Waals surface area contributed by atoms with Gasteiger partial charge in [-0.25, -0.2) is 4.39 Å². The largest absolute Gasteiger partial charge is 0.380 e. The summed E-state index contributed by atoms with van der Waals surface area (Å²) < 4.78 is 13.6. The van der Waals surface area contributed by atoms with Gasteiger partial charge in [0.2, 0.25) is 0 Å². The van der Waals surface area contributed by atoms with Crippen LogP contribution in [0, 0.1) is 12.7 Å². The fourth-order valence-corrected chi connectivity index (χ4v) is 2.68. The third kappa shape index (κ3) is 5.38. The predicted octanol–water partition coefficient (Wildman–Crippen LogP) is 4.11. The first-order valence-electron chi connectivity index (χ1n) is 8.88. The Balaban J connectivity index is 1.53. The highest BCUT2D eigenvalue weighted by Crippen LogP contribution is 2.12. The molecule has 1 heterocycles. The molecule has 2 N–H and O–H groups in total. The molecule has 0 unspecified atom stereocenters. The fourth-order valence-electron chi connectivity index (χ4n) is 2.68. The zero-order valence-corrected chi connectivity index (χ0v) is 15.2. The van der Waals surface area contributed by atoms with Gasteiger partial charge >= 0.3 is 0 Å². The number of carbonyl (C=O) groups is 1. The standard InChI is InChI=1S/C22H22FN3O/c1-16-6-8-17(9-7-16)13-26-20-12-19(14-24-15-20)22(27)25-11-10-18-4-2-3-5-21(18)23/h2-9,12,14-15,26H,10-11,13H2,1H3,(H,25,27).